The molecule has 0 aliphatic carbocycles. The first-order valence-corrected chi connectivity index (χ1v) is 5.94. The zero-order valence-corrected chi connectivity index (χ0v) is 10.2. The van der Waals surface area contributed by atoms with Crippen LogP contribution in [0.25, 0.3) is 0 Å². The van der Waals surface area contributed by atoms with Gasteiger partial charge in [-0.05, 0) is 24.0 Å². The van der Waals surface area contributed by atoms with E-state index in [9.17, 15) is 4.79 Å². The van der Waals surface area contributed by atoms with Gasteiger partial charge in [0.05, 0.1) is 0 Å². The number of hydrogen-bond acceptors (Lipinski definition) is 3. The topological polar surface area (TPSA) is 63.3 Å². The number of oxazole rings is 1. The molecule has 0 bridgehead atoms. The van der Waals surface area contributed by atoms with E-state index < -0.39 is 5.97 Å². The van der Waals surface area contributed by atoms with Crippen LogP contribution in [0.2, 0.25) is 0 Å². The molecular weight excluding hydrogens is 230 g/mol. The smallest absolute Gasteiger partial charge is 0.358 e. The van der Waals surface area contributed by atoms with E-state index in [1.807, 2.05) is 0 Å². The maximum absolute atomic E-state index is 10.9. The molecule has 0 radical (unpaired) electrons. The quantitative estimate of drug-likeness (QED) is 0.879. The van der Waals surface area contributed by atoms with Gasteiger partial charge in [0.15, 0.2) is 12.1 Å². The summed E-state index contributed by atoms with van der Waals surface area (Å²) in [4.78, 5) is 14.5. The Morgan fingerprint density at radius 2 is 1.89 bits per heavy atom. The van der Waals surface area contributed by atoms with Gasteiger partial charge in [0.25, 0.3) is 0 Å². The average Bonchev–Trinajstić information content (AvgIpc) is 2.85. The van der Waals surface area contributed by atoms with Crippen molar-refractivity contribution in [2.24, 2.45) is 0 Å². The van der Waals surface area contributed by atoms with Crippen molar-refractivity contribution in [3.63, 3.8) is 0 Å². The van der Waals surface area contributed by atoms with Gasteiger partial charge in [0.1, 0.15) is 5.76 Å². The number of hydrogen-bond donors (Lipinski definition) is 1. The summed E-state index contributed by atoms with van der Waals surface area (Å²) in [5.41, 5.74) is 2.48. The maximum atomic E-state index is 10.9. The SMILES string of the molecule is CCc1ccc(CCc2ocnc2C(=O)O)cc1. The zero-order valence-electron chi connectivity index (χ0n) is 10.2. The van der Waals surface area contributed by atoms with Gasteiger partial charge in [-0.25, -0.2) is 9.78 Å². The van der Waals surface area contributed by atoms with Crippen LogP contribution in [0.15, 0.2) is 35.1 Å². The normalized spacial score (nSPS) is 10.5. The Hall–Kier alpha value is -2.10. The molecule has 0 fully saturated rings. The first-order valence-electron chi connectivity index (χ1n) is 5.94. The molecule has 94 valence electrons. The van der Waals surface area contributed by atoms with Crippen molar-refractivity contribution in [1.29, 1.82) is 0 Å². The second-order valence-electron chi connectivity index (χ2n) is 4.10. The van der Waals surface area contributed by atoms with Crippen molar-refractivity contribution >= 4 is 5.97 Å². The van der Waals surface area contributed by atoms with Crippen molar-refractivity contribution in [3.05, 3.63) is 53.2 Å². The average molecular weight is 245 g/mol. The van der Waals surface area contributed by atoms with Gasteiger partial charge in [-0.1, -0.05) is 31.2 Å². The third-order valence-electron chi connectivity index (χ3n) is 2.92. The van der Waals surface area contributed by atoms with E-state index in [4.69, 9.17) is 9.52 Å². The van der Waals surface area contributed by atoms with Crippen LogP contribution in [0.5, 0.6) is 0 Å². The molecule has 0 atom stereocenters. The van der Waals surface area contributed by atoms with Crippen LogP contribution in [-0.4, -0.2) is 16.1 Å². The number of rotatable bonds is 5. The number of nitrogens with zero attached hydrogens (tertiary/aromatic N) is 1. The molecule has 2 aromatic rings. The first-order chi connectivity index (χ1) is 8.70. The number of benzene rings is 1. The summed E-state index contributed by atoms with van der Waals surface area (Å²) in [6.07, 6.45) is 3.50. The Bertz CT molecular complexity index is 528. The second-order valence-corrected chi connectivity index (χ2v) is 4.10. The van der Waals surface area contributed by atoms with Crippen molar-refractivity contribution in [3.8, 4) is 0 Å². The summed E-state index contributed by atoms with van der Waals surface area (Å²) < 4.78 is 5.10. The van der Waals surface area contributed by atoms with Crippen LogP contribution in [0, 0.1) is 0 Å². The predicted octanol–water partition coefficient (Wildman–Crippen LogP) is 2.72. The largest absolute Gasteiger partial charge is 0.476 e. The van der Waals surface area contributed by atoms with Gasteiger partial charge in [0, 0.05) is 6.42 Å². The van der Waals surface area contributed by atoms with E-state index in [0.717, 1.165) is 12.8 Å². The molecule has 0 spiro atoms. The van der Waals surface area contributed by atoms with Crippen LogP contribution in [0.1, 0.15) is 34.3 Å². The lowest BCUT2D eigenvalue weighted by Crippen LogP contribution is -2.02. The minimum Gasteiger partial charge on any atom is -0.476 e. The van der Waals surface area contributed by atoms with Crippen LogP contribution in [-0.2, 0) is 19.3 Å². The molecule has 1 aromatic carbocycles. The predicted molar refractivity (Wildman–Crippen MR) is 66.7 cm³/mol. The molecule has 0 aliphatic heterocycles. The van der Waals surface area contributed by atoms with Crippen molar-refractivity contribution in [2.75, 3.05) is 0 Å². The van der Waals surface area contributed by atoms with E-state index >= 15 is 0 Å². The van der Waals surface area contributed by atoms with Gasteiger partial charge >= 0.3 is 5.97 Å². The highest BCUT2D eigenvalue weighted by molar-refractivity contribution is 5.86. The van der Waals surface area contributed by atoms with Crippen LogP contribution < -0.4 is 0 Å². The number of aryl methyl sites for hydroxylation is 3. The highest BCUT2D eigenvalue weighted by atomic mass is 16.4. The standard InChI is InChI=1S/C14H15NO3/c1-2-10-3-5-11(6-4-10)7-8-12-13(14(16)17)15-9-18-12/h3-6,9H,2,7-8H2,1H3,(H,16,17). The third-order valence-corrected chi connectivity index (χ3v) is 2.92. The van der Waals surface area contributed by atoms with Crippen LogP contribution in [0.4, 0.5) is 0 Å². The summed E-state index contributed by atoms with van der Waals surface area (Å²) in [5.74, 6) is -0.609. The van der Waals surface area contributed by atoms with Gasteiger partial charge in [0.2, 0.25) is 0 Å². The molecular formula is C14H15NO3. The highest BCUT2D eigenvalue weighted by Crippen LogP contribution is 2.12. The summed E-state index contributed by atoms with van der Waals surface area (Å²) >= 11 is 0. The first kappa shape index (κ1) is 12.4. The molecule has 2 rings (SSSR count). The number of aromatic nitrogens is 1. The maximum Gasteiger partial charge on any atom is 0.358 e. The lowest BCUT2D eigenvalue weighted by atomic mass is 10.0. The minimum atomic E-state index is -1.04. The summed E-state index contributed by atoms with van der Waals surface area (Å²) in [5, 5.41) is 8.90. The number of carbonyl (C=O) groups is 1. The molecule has 0 saturated carbocycles. The van der Waals surface area contributed by atoms with Gasteiger partial charge in [-0.3, -0.25) is 0 Å². The molecule has 0 aliphatic rings. The number of carboxylic acids is 1. The Balaban J connectivity index is 2.02. The Morgan fingerprint density at radius 1 is 1.22 bits per heavy atom. The fourth-order valence-corrected chi connectivity index (χ4v) is 1.82. The molecule has 4 heteroatoms. The monoisotopic (exact) mass is 245 g/mol. The zero-order chi connectivity index (χ0) is 13.0. The lowest BCUT2D eigenvalue weighted by molar-refractivity contribution is 0.0689. The van der Waals surface area contributed by atoms with Gasteiger partial charge < -0.3 is 9.52 Å². The van der Waals surface area contributed by atoms with E-state index in [0.29, 0.717) is 12.2 Å². The van der Waals surface area contributed by atoms with E-state index in [1.54, 1.807) is 0 Å². The molecule has 1 N–H and O–H groups in total. The van der Waals surface area contributed by atoms with Gasteiger partial charge in [-0.15, -0.1) is 0 Å². The molecule has 0 amide bonds. The lowest BCUT2D eigenvalue weighted by Gasteiger charge is -2.02. The molecule has 0 saturated heterocycles. The fourth-order valence-electron chi connectivity index (χ4n) is 1.82. The molecule has 1 heterocycles. The Kier molecular flexibility index (Phi) is 3.77. The fraction of sp³-hybridized carbons (Fsp3) is 0.286. The van der Waals surface area contributed by atoms with Crippen LogP contribution in [0.3, 0.4) is 0 Å². The molecule has 18 heavy (non-hydrogen) atoms. The third kappa shape index (κ3) is 2.77. The summed E-state index contributed by atoms with van der Waals surface area (Å²) in [7, 11) is 0. The van der Waals surface area contributed by atoms with E-state index in [-0.39, 0.29) is 5.69 Å². The number of carboxylic acid groups (broad SMARTS) is 1. The highest BCUT2D eigenvalue weighted by Gasteiger charge is 2.14. The van der Waals surface area contributed by atoms with Crippen molar-refractivity contribution in [1.82, 2.24) is 4.98 Å². The Morgan fingerprint density at radius 3 is 2.50 bits per heavy atom. The molecule has 1 aromatic heterocycles. The number of aromatic carboxylic acids is 1. The Labute approximate surface area is 105 Å². The minimum absolute atomic E-state index is 0.0141. The van der Waals surface area contributed by atoms with Crippen LogP contribution >= 0.6 is 0 Å². The van der Waals surface area contributed by atoms with E-state index in [2.05, 4.69) is 36.2 Å². The summed E-state index contributed by atoms with van der Waals surface area (Å²) in [6.45, 7) is 2.11. The summed E-state index contributed by atoms with van der Waals surface area (Å²) in [6, 6.07) is 8.31. The second kappa shape index (κ2) is 5.49. The van der Waals surface area contributed by atoms with Crippen molar-refractivity contribution < 1.29 is 14.3 Å². The molecule has 0 unspecified atom stereocenters. The van der Waals surface area contributed by atoms with Gasteiger partial charge in [-0.2, -0.15) is 0 Å². The van der Waals surface area contributed by atoms with E-state index in [1.165, 1.54) is 17.5 Å². The molecule has 4 nitrogen and oxygen atoms in total. The van der Waals surface area contributed by atoms with Crippen molar-refractivity contribution in [2.45, 2.75) is 26.2 Å².